The SMILES string of the molecule is C=C(CC(=O)O)C1CCCS(=O)(=O)C1. The van der Waals surface area contributed by atoms with Crippen molar-refractivity contribution in [3.63, 3.8) is 0 Å². The van der Waals surface area contributed by atoms with Gasteiger partial charge in [0.05, 0.1) is 17.9 Å². The van der Waals surface area contributed by atoms with E-state index in [0.29, 0.717) is 12.0 Å². The van der Waals surface area contributed by atoms with E-state index in [1.807, 2.05) is 0 Å². The highest BCUT2D eigenvalue weighted by Crippen LogP contribution is 2.25. The van der Waals surface area contributed by atoms with Crippen molar-refractivity contribution in [2.24, 2.45) is 5.92 Å². The molecule has 1 heterocycles. The van der Waals surface area contributed by atoms with E-state index in [1.54, 1.807) is 0 Å². The lowest BCUT2D eigenvalue weighted by Crippen LogP contribution is -2.26. The Morgan fingerprint density at radius 2 is 2.14 bits per heavy atom. The van der Waals surface area contributed by atoms with Crippen LogP contribution in [0.4, 0.5) is 0 Å². The zero-order valence-corrected chi connectivity index (χ0v) is 8.72. The van der Waals surface area contributed by atoms with Gasteiger partial charge in [-0.05, 0) is 18.8 Å². The number of hydrogen-bond donors (Lipinski definition) is 1. The highest BCUT2D eigenvalue weighted by molar-refractivity contribution is 7.91. The molecule has 0 saturated carbocycles. The van der Waals surface area contributed by atoms with Crippen molar-refractivity contribution in [3.8, 4) is 0 Å². The topological polar surface area (TPSA) is 71.4 Å². The Labute approximate surface area is 83.5 Å². The van der Waals surface area contributed by atoms with E-state index in [4.69, 9.17) is 5.11 Å². The van der Waals surface area contributed by atoms with Crippen molar-refractivity contribution in [2.75, 3.05) is 11.5 Å². The molecule has 1 fully saturated rings. The molecule has 1 N–H and O–H groups in total. The minimum atomic E-state index is -2.97. The molecule has 0 bridgehead atoms. The summed E-state index contributed by atoms with van der Waals surface area (Å²) in [6, 6.07) is 0. The molecule has 0 aromatic rings. The van der Waals surface area contributed by atoms with Crippen LogP contribution in [0.25, 0.3) is 0 Å². The van der Waals surface area contributed by atoms with E-state index in [0.717, 1.165) is 6.42 Å². The van der Waals surface area contributed by atoms with Gasteiger partial charge in [0.25, 0.3) is 0 Å². The van der Waals surface area contributed by atoms with Crippen LogP contribution in [0.5, 0.6) is 0 Å². The van der Waals surface area contributed by atoms with Crippen LogP contribution in [0.1, 0.15) is 19.3 Å². The van der Waals surface area contributed by atoms with Gasteiger partial charge in [-0.15, -0.1) is 0 Å². The second-order valence-corrected chi connectivity index (χ2v) is 5.91. The summed E-state index contributed by atoms with van der Waals surface area (Å²) in [5.41, 5.74) is 0.528. The summed E-state index contributed by atoms with van der Waals surface area (Å²) < 4.78 is 22.5. The Hall–Kier alpha value is -0.840. The van der Waals surface area contributed by atoms with Gasteiger partial charge < -0.3 is 5.11 Å². The molecule has 0 aromatic carbocycles. The molecule has 1 aliphatic heterocycles. The smallest absolute Gasteiger partial charge is 0.307 e. The molecule has 5 heteroatoms. The van der Waals surface area contributed by atoms with Crippen LogP contribution in [0.15, 0.2) is 12.2 Å². The first-order valence-electron chi connectivity index (χ1n) is 4.50. The summed E-state index contributed by atoms with van der Waals surface area (Å²) in [6.45, 7) is 3.64. The van der Waals surface area contributed by atoms with E-state index < -0.39 is 15.8 Å². The minimum absolute atomic E-state index is 0.0686. The Morgan fingerprint density at radius 1 is 1.50 bits per heavy atom. The molecular weight excluding hydrogens is 204 g/mol. The molecule has 0 spiro atoms. The zero-order valence-electron chi connectivity index (χ0n) is 7.90. The van der Waals surface area contributed by atoms with Gasteiger partial charge in [-0.2, -0.15) is 0 Å². The predicted molar refractivity (Wildman–Crippen MR) is 52.8 cm³/mol. The fourth-order valence-corrected chi connectivity index (χ4v) is 3.47. The Bertz CT molecular complexity index is 342. The van der Waals surface area contributed by atoms with Crippen LogP contribution in [-0.2, 0) is 14.6 Å². The van der Waals surface area contributed by atoms with E-state index in [9.17, 15) is 13.2 Å². The third kappa shape index (κ3) is 3.14. The maximum atomic E-state index is 11.3. The van der Waals surface area contributed by atoms with Crippen molar-refractivity contribution in [1.82, 2.24) is 0 Å². The van der Waals surface area contributed by atoms with Crippen molar-refractivity contribution in [2.45, 2.75) is 19.3 Å². The van der Waals surface area contributed by atoms with Gasteiger partial charge in [-0.25, -0.2) is 8.42 Å². The van der Waals surface area contributed by atoms with E-state index in [-0.39, 0.29) is 23.8 Å². The van der Waals surface area contributed by atoms with E-state index in [2.05, 4.69) is 6.58 Å². The first-order chi connectivity index (χ1) is 6.41. The number of sulfone groups is 1. The van der Waals surface area contributed by atoms with Gasteiger partial charge in [0.1, 0.15) is 0 Å². The van der Waals surface area contributed by atoms with Gasteiger partial charge >= 0.3 is 5.97 Å². The summed E-state index contributed by atoms with van der Waals surface area (Å²) in [5, 5.41) is 8.53. The second kappa shape index (κ2) is 4.13. The summed E-state index contributed by atoms with van der Waals surface area (Å²) in [7, 11) is -2.97. The first kappa shape index (κ1) is 11.2. The number of aliphatic carboxylic acids is 1. The van der Waals surface area contributed by atoms with Crippen LogP contribution < -0.4 is 0 Å². The molecule has 0 amide bonds. The summed E-state index contributed by atoms with van der Waals surface area (Å²) in [4.78, 5) is 10.4. The van der Waals surface area contributed by atoms with Crippen LogP contribution in [0, 0.1) is 5.92 Å². The van der Waals surface area contributed by atoms with Gasteiger partial charge in [0, 0.05) is 0 Å². The predicted octanol–water partition coefficient (Wildman–Crippen LogP) is 0.842. The van der Waals surface area contributed by atoms with Gasteiger partial charge in [0.15, 0.2) is 9.84 Å². The highest BCUT2D eigenvalue weighted by atomic mass is 32.2. The summed E-state index contributed by atoms with van der Waals surface area (Å²) >= 11 is 0. The molecule has 80 valence electrons. The number of rotatable bonds is 3. The fraction of sp³-hybridized carbons (Fsp3) is 0.667. The van der Waals surface area contributed by atoms with Crippen molar-refractivity contribution < 1.29 is 18.3 Å². The Balaban J connectivity index is 2.61. The van der Waals surface area contributed by atoms with Crippen LogP contribution in [0.3, 0.4) is 0 Å². The number of carboxylic acids is 1. The zero-order chi connectivity index (χ0) is 10.8. The molecule has 14 heavy (non-hydrogen) atoms. The number of hydrogen-bond acceptors (Lipinski definition) is 3. The average molecular weight is 218 g/mol. The van der Waals surface area contributed by atoms with E-state index in [1.165, 1.54) is 0 Å². The fourth-order valence-electron chi connectivity index (χ4n) is 1.68. The molecular formula is C9H14O4S. The van der Waals surface area contributed by atoms with Crippen molar-refractivity contribution in [3.05, 3.63) is 12.2 Å². The maximum absolute atomic E-state index is 11.3. The average Bonchev–Trinajstić information content (AvgIpc) is 2.01. The number of carbonyl (C=O) groups is 1. The van der Waals surface area contributed by atoms with Gasteiger partial charge in [-0.1, -0.05) is 12.2 Å². The molecule has 0 aliphatic carbocycles. The Morgan fingerprint density at radius 3 is 2.64 bits per heavy atom. The standard InChI is InChI=1S/C9H14O4S/c1-7(5-9(10)11)8-3-2-4-14(12,13)6-8/h8H,1-6H2,(H,10,11). The maximum Gasteiger partial charge on any atom is 0.307 e. The monoisotopic (exact) mass is 218 g/mol. The third-order valence-electron chi connectivity index (χ3n) is 2.42. The van der Waals surface area contributed by atoms with Gasteiger partial charge in [-0.3, -0.25) is 4.79 Å². The lowest BCUT2D eigenvalue weighted by Gasteiger charge is -2.22. The lowest BCUT2D eigenvalue weighted by molar-refractivity contribution is -0.136. The summed E-state index contributed by atoms with van der Waals surface area (Å²) in [6.07, 6.45) is 1.23. The third-order valence-corrected chi connectivity index (χ3v) is 4.24. The molecule has 1 atom stereocenters. The first-order valence-corrected chi connectivity index (χ1v) is 6.33. The Kier molecular flexibility index (Phi) is 3.31. The molecule has 1 aliphatic rings. The molecule has 1 rings (SSSR count). The molecule has 0 radical (unpaired) electrons. The van der Waals surface area contributed by atoms with E-state index >= 15 is 0 Å². The molecule has 0 aromatic heterocycles. The van der Waals surface area contributed by atoms with Gasteiger partial charge in [0.2, 0.25) is 0 Å². The largest absolute Gasteiger partial charge is 0.481 e. The number of carboxylic acid groups (broad SMARTS) is 1. The normalized spacial score (nSPS) is 25.6. The quantitative estimate of drug-likeness (QED) is 0.712. The minimum Gasteiger partial charge on any atom is -0.481 e. The molecule has 1 saturated heterocycles. The molecule has 1 unspecified atom stereocenters. The molecule has 4 nitrogen and oxygen atoms in total. The van der Waals surface area contributed by atoms with Crippen LogP contribution >= 0.6 is 0 Å². The van der Waals surface area contributed by atoms with Crippen LogP contribution in [-0.4, -0.2) is 31.0 Å². The lowest BCUT2D eigenvalue weighted by atomic mass is 9.95. The van der Waals surface area contributed by atoms with Crippen molar-refractivity contribution in [1.29, 1.82) is 0 Å². The van der Waals surface area contributed by atoms with Crippen LogP contribution in [0.2, 0.25) is 0 Å². The van der Waals surface area contributed by atoms with Crippen molar-refractivity contribution >= 4 is 15.8 Å². The highest BCUT2D eigenvalue weighted by Gasteiger charge is 2.27. The summed E-state index contributed by atoms with van der Waals surface area (Å²) in [5.74, 6) is -0.814. The second-order valence-electron chi connectivity index (χ2n) is 3.68.